The van der Waals surface area contributed by atoms with Gasteiger partial charge in [0.15, 0.2) is 11.5 Å². The van der Waals surface area contributed by atoms with Crippen LogP contribution in [0.2, 0.25) is 0 Å². The fraction of sp³-hybridized carbons (Fsp3) is 0.125. The van der Waals surface area contributed by atoms with Crippen molar-refractivity contribution in [3.63, 3.8) is 0 Å². The third-order valence-electron chi connectivity index (χ3n) is 4.83. The zero-order valence-electron chi connectivity index (χ0n) is 18.1. The first kappa shape index (κ1) is 24.0. The molecular formula is C24H17F3N2O5S. The van der Waals surface area contributed by atoms with Gasteiger partial charge in [-0.2, -0.15) is 13.2 Å². The lowest BCUT2D eigenvalue weighted by molar-refractivity contribution is -0.137. The third kappa shape index (κ3) is 5.19. The molecule has 35 heavy (non-hydrogen) atoms. The van der Waals surface area contributed by atoms with Crippen LogP contribution in [-0.4, -0.2) is 24.4 Å². The van der Waals surface area contributed by atoms with Crippen molar-refractivity contribution >= 4 is 40.9 Å². The predicted octanol–water partition coefficient (Wildman–Crippen LogP) is 4.85. The summed E-state index contributed by atoms with van der Waals surface area (Å²) in [5.74, 6) is -1.79. The number of rotatable bonds is 6. The monoisotopic (exact) mass is 502 g/mol. The molecule has 0 radical (unpaired) electrons. The van der Waals surface area contributed by atoms with Crippen molar-refractivity contribution in [2.75, 3.05) is 11.6 Å². The minimum absolute atomic E-state index is 0.132. The number of benzene rings is 2. The van der Waals surface area contributed by atoms with E-state index in [9.17, 15) is 27.6 Å². The van der Waals surface area contributed by atoms with Crippen LogP contribution in [0.5, 0.6) is 11.5 Å². The van der Waals surface area contributed by atoms with E-state index < -0.39 is 29.5 Å². The molecule has 1 N–H and O–H groups in total. The standard InChI is InChI=1S/C24H17F3N2O5S/c1-2-33-19-12-14(8-9-18(19)34-23(32)20-7-4-10-35-20)11-17-21(30)28-29(22(17)31)16-6-3-5-15(13-16)24(25,26)27/h3-13H,2H2,1H3,(H,28,30)/b17-11-. The van der Waals surface area contributed by atoms with Gasteiger partial charge < -0.3 is 9.47 Å². The van der Waals surface area contributed by atoms with Crippen LogP contribution in [0.25, 0.3) is 6.08 Å². The Morgan fingerprint density at radius 3 is 2.57 bits per heavy atom. The highest BCUT2D eigenvalue weighted by atomic mass is 32.1. The number of amides is 2. The Bertz CT molecular complexity index is 1320. The van der Waals surface area contributed by atoms with E-state index in [1.807, 2.05) is 0 Å². The van der Waals surface area contributed by atoms with Gasteiger partial charge in [0, 0.05) is 0 Å². The van der Waals surface area contributed by atoms with E-state index in [4.69, 9.17) is 9.47 Å². The maximum atomic E-state index is 13.0. The van der Waals surface area contributed by atoms with Crippen molar-refractivity contribution in [1.29, 1.82) is 0 Å². The quantitative estimate of drug-likeness (QED) is 0.226. The summed E-state index contributed by atoms with van der Waals surface area (Å²) in [6, 6.07) is 11.9. The predicted molar refractivity (Wildman–Crippen MR) is 122 cm³/mol. The molecule has 1 aromatic heterocycles. The van der Waals surface area contributed by atoms with E-state index in [0.29, 0.717) is 10.4 Å². The number of hydrogen-bond acceptors (Lipinski definition) is 6. The molecule has 0 aliphatic carbocycles. The molecule has 1 fully saturated rings. The third-order valence-corrected chi connectivity index (χ3v) is 5.68. The van der Waals surface area contributed by atoms with Crippen LogP contribution in [-0.2, 0) is 15.8 Å². The molecule has 2 aromatic carbocycles. The summed E-state index contributed by atoms with van der Waals surface area (Å²) in [6.07, 6.45) is -3.33. The van der Waals surface area contributed by atoms with E-state index in [1.54, 1.807) is 24.4 Å². The van der Waals surface area contributed by atoms with Crippen molar-refractivity contribution in [2.45, 2.75) is 13.1 Å². The molecule has 1 saturated heterocycles. The summed E-state index contributed by atoms with van der Waals surface area (Å²) in [7, 11) is 0. The van der Waals surface area contributed by atoms with E-state index in [0.717, 1.165) is 23.2 Å². The van der Waals surface area contributed by atoms with Gasteiger partial charge in [-0.05, 0) is 60.3 Å². The number of thiophene rings is 1. The zero-order valence-corrected chi connectivity index (χ0v) is 18.9. The molecule has 0 spiro atoms. The van der Waals surface area contributed by atoms with E-state index >= 15 is 0 Å². The number of hydrogen-bond donors (Lipinski definition) is 1. The summed E-state index contributed by atoms with van der Waals surface area (Å²) in [6.45, 7) is 1.99. The first-order valence-corrected chi connectivity index (χ1v) is 11.1. The van der Waals surface area contributed by atoms with Crippen LogP contribution in [0.3, 0.4) is 0 Å². The molecule has 7 nitrogen and oxygen atoms in total. The van der Waals surface area contributed by atoms with Crippen molar-refractivity contribution in [3.05, 3.63) is 81.6 Å². The second-order valence-electron chi connectivity index (χ2n) is 7.19. The number of ether oxygens (including phenoxy) is 2. The number of carbonyl (C=O) groups is 3. The average Bonchev–Trinajstić information content (AvgIpc) is 3.45. The number of nitrogens with zero attached hydrogens (tertiary/aromatic N) is 1. The molecule has 3 aromatic rings. The molecule has 180 valence electrons. The highest BCUT2D eigenvalue weighted by molar-refractivity contribution is 7.12. The van der Waals surface area contributed by atoms with Gasteiger partial charge in [0.05, 0.1) is 17.9 Å². The lowest BCUT2D eigenvalue weighted by Crippen LogP contribution is -2.35. The van der Waals surface area contributed by atoms with E-state index in [-0.39, 0.29) is 29.4 Å². The minimum Gasteiger partial charge on any atom is -0.490 e. The number of hydrazine groups is 1. The fourth-order valence-corrected chi connectivity index (χ4v) is 3.84. The largest absolute Gasteiger partial charge is 0.490 e. The Kier molecular flexibility index (Phi) is 6.61. The second-order valence-corrected chi connectivity index (χ2v) is 8.14. The van der Waals surface area contributed by atoms with Crippen LogP contribution in [0.4, 0.5) is 18.9 Å². The van der Waals surface area contributed by atoms with Gasteiger partial charge in [-0.1, -0.05) is 18.2 Å². The first-order chi connectivity index (χ1) is 16.7. The lowest BCUT2D eigenvalue weighted by atomic mass is 10.1. The molecule has 11 heteroatoms. The molecule has 1 aliphatic heterocycles. The maximum Gasteiger partial charge on any atom is 0.416 e. The van der Waals surface area contributed by atoms with E-state index in [1.165, 1.54) is 41.7 Å². The minimum atomic E-state index is -4.61. The Morgan fingerprint density at radius 2 is 1.89 bits per heavy atom. The molecular weight excluding hydrogens is 485 g/mol. The number of nitrogens with one attached hydrogen (secondary N) is 1. The average molecular weight is 502 g/mol. The number of halogens is 3. The van der Waals surface area contributed by atoms with Crippen LogP contribution >= 0.6 is 11.3 Å². The molecule has 0 unspecified atom stereocenters. The van der Waals surface area contributed by atoms with Gasteiger partial charge in [0.2, 0.25) is 0 Å². The Hall–Kier alpha value is -4.12. The van der Waals surface area contributed by atoms with E-state index in [2.05, 4.69) is 5.43 Å². The van der Waals surface area contributed by atoms with Crippen LogP contribution in [0.1, 0.15) is 27.7 Å². The van der Waals surface area contributed by atoms with Gasteiger partial charge in [0.1, 0.15) is 10.5 Å². The van der Waals surface area contributed by atoms with Gasteiger partial charge >= 0.3 is 12.1 Å². The SMILES string of the molecule is CCOc1cc(/C=C2/C(=O)NN(c3cccc(C(F)(F)F)c3)C2=O)ccc1OC(=O)c1cccs1. The summed E-state index contributed by atoms with van der Waals surface area (Å²) >= 11 is 1.22. The highest BCUT2D eigenvalue weighted by Gasteiger charge is 2.36. The number of alkyl halides is 3. The van der Waals surface area contributed by atoms with Crippen molar-refractivity contribution in [2.24, 2.45) is 0 Å². The molecule has 1 aliphatic rings. The summed E-state index contributed by atoms with van der Waals surface area (Å²) in [5.41, 5.74) is 1.28. The van der Waals surface area contributed by atoms with Gasteiger partial charge in [-0.3, -0.25) is 15.0 Å². The Labute approximate surface area is 201 Å². The van der Waals surface area contributed by atoms with Crippen molar-refractivity contribution in [3.8, 4) is 11.5 Å². The number of esters is 1. The maximum absolute atomic E-state index is 13.0. The summed E-state index contributed by atoms with van der Waals surface area (Å²) in [4.78, 5) is 38.0. The molecule has 0 bridgehead atoms. The number of carbonyl (C=O) groups excluding carboxylic acids is 3. The van der Waals surface area contributed by atoms with Crippen LogP contribution in [0.15, 0.2) is 65.6 Å². The van der Waals surface area contributed by atoms with Gasteiger partial charge in [-0.25, -0.2) is 9.80 Å². The topological polar surface area (TPSA) is 84.9 Å². The van der Waals surface area contributed by atoms with Crippen LogP contribution < -0.4 is 19.9 Å². The summed E-state index contributed by atoms with van der Waals surface area (Å²) in [5, 5.41) is 2.49. The molecule has 4 rings (SSSR count). The molecule has 0 saturated carbocycles. The Balaban J connectivity index is 1.60. The van der Waals surface area contributed by atoms with Gasteiger partial charge in [0.25, 0.3) is 11.8 Å². The lowest BCUT2D eigenvalue weighted by Gasteiger charge is -2.16. The zero-order chi connectivity index (χ0) is 25.2. The fourth-order valence-electron chi connectivity index (χ4n) is 3.24. The van der Waals surface area contributed by atoms with Crippen LogP contribution in [0, 0.1) is 0 Å². The second kappa shape index (κ2) is 9.63. The number of anilines is 1. The smallest absolute Gasteiger partial charge is 0.416 e. The molecule has 2 amide bonds. The first-order valence-electron chi connectivity index (χ1n) is 10.2. The van der Waals surface area contributed by atoms with Gasteiger partial charge in [-0.15, -0.1) is 11.3 Å². The van der Waals surface area contributed by atoms with Crippen molar-refractivity contribution in [1.82, 2.24) is 5.43 Å². The van der Waals surface area contributed by atoms with Crippen molar-refractivity contribution < 1.29 is 37.0 Å². The molecule has 0 atom stereocenters. The normalized spacial score (nSPS) is 14.9. The Morgan fingerprint density at radius 1 is 1.09 bits per heavy atom. The highest BCUT2D eigenvalue weighted by Crippen LogP contribution is 2.33. The summed E-state index contributed by atoms with van der Waals surface area (Å²) < 4.78 is 50.1. The molecule has 2 heterocycles.